The quantitative estimate of drug-likeness (QED) is 0.819. The third kappa shape index (κ3) is 2.30. The summed E-state index contributed by atoms with van der Waals surface area (Å²) in [6.07, 6.45) is 6.13. The van der Waals surface area contributed by atoms with Crippen molar-refractivity contribution in [3.63, 3.8) is 0 Å². The van der Waals surface area contributed by atoms with Crippen LogP contribution in [0.2, 0.25) is 0 Å². The van der Waals surface area contributed by atoms with Crippen molar-refractivity contribution in [3.05, 3.63) is 11.6 Å². The first-order valence-electron chi connectivity index (χ1n) is 7.39. The summed E-state index contributed by atoms with van der Waals surface area (Å²) >= 11 is 0. The lowest BCUT2D eigenvalue weighted by atomic mass is 10.0. The Morgan fingerprint density at radius 1 is 1.22 bits per heavy atom. The van der Waals surface area contributed by atoms with Crippen molar-refractivity contribution in [2.45, 2.75) is 58.5 Å². The van der Waals surface area contributed by atoms with Crippen LogP contribution in [0.1, 0.15) is 44.8 Å². The average molecular weight is 248 g/mol. The summed E-state index contributed by atoms with van der Waals surface area (Å²) in [5.41, 5.74) is 0. The van der Waals surface area contributed by atoms with E-state index in [-0.39, 0.29) is 0 Å². The summed E-state index contributed by atoms with van der Waals surface area (Å²) in [5.74, 6) is 3.23. The molecule has 2 aliphatic rings. The molecule has 100 valence electrons. The second kappa shape index (κ2) is 5.00. The number of aromatic nitrogens is 3. The lowest BCUT2D eigenvalue weighted by molar-refractivity contribution is 0.264. The summed E-state index contributed by atoms with van der Waals surface area (Å²) in [4.78, 5) is 2.58. The number of hydrogen-bond donors (Lipinski definition) is 0. The maximum absolute atomic E-state index is 4.43. The van der Waals surface area contributed by atoms with Gasteiger partial charge < -0.3 is 9.47 Å². The van der Waals surface area contributed by atoms with E-state index >= 15 is 0 Å². The molecular formula is C14H24N4. The van der Waals surface area contributed by atoms with E-state index in [0.29, 0.717) is 6.04 Å². The van der Waals surface area contributed by atoms with E-state index in [4.69, 9.17) is 0 Å². The van der Waals surface area contributed by atoms with Crippen LogP contribution >= 0.6 is 0 Å². The Morgan fingerprint density at radius 2 is 2.11 bits per heavy atom. The minimum absolute atomic E-state index is 0.683. The summed E-state index contributed by atoms with van der Waals surface area (Å²) in [6.45, 7) is 8.21. The Bertz CT molecular complexity index is 410. The van der Waals surface area contributed by atoms with Gasteiger partial charge in [-0.3, -0.25) is 0 Å². The van der Waals surface area contributed by atoms with E-state index in [1.807, 2.05) is 0 Å². The van der Waals surface area contributed by atoms with Crippen LogP contribution in [0.25, 0.3) is 0 Å². The molecule has 0 aliphatic carbocycles. The van der Waals surface area contributed by atoms with Crippen LogP contribution in [0.4, 0.5) is 0 Å². The van der Waals surface area contributed by atoms with Gasteiger partial charge >= 0.3 is 0 Å². The zero-order chi connectivity index (χ0) is 12.5. The summed E-state index contributed by atoms with van der Waals surface area (Å²) in [5, 5.41) is 8.78. The van der Waals surface area contributed by atoms with Crippen LogP contribution in [0, 0.1) is 5.92 Å². The van der Waals surface area contributed by atoms with Crippen molar-refractivity contribution in [2.75, 3.05) is 13.1 Å². The van der Waals surface area contributed by atoms with Gasteiger partial charge in [-0.05, 0) is 45.6 Å². The third-order valence-electron chi connectivity index (χ3n) is 4.45. The van der Waals surface area contributed by atoms with Crippen molar-refractivity contribution in [3.8, 4) is 0 Å². The zero-order valence-corrected chi connectivity index (χ0v) is 11.6. The van der Waals surface area contributed by atoms with Crippen LogP contribution in [0.5, 0.6) is 0 Å². The van der Waals surface area contributed by atoms with Crippen LogP contribution in [0.15, 0.2) is 0 Å². The Kier molecular flexibility index (Phi) is 3.37. The molecule has 0 amide bonds. The Morgan fingerprint density at radius 3 is 2.89 bits per heavy atom. The highest BCUT2D eigenvalue weighted by atomic mass is 15.3. The molecule has 0 saturated carbocycles. The normalized spacial score (nSPS) is 24.7. The SMILES string of the molecule is CC(C)N1CCC(Cc2nnc3n2CCCC3)C1. The van der Waals surface area contributed by atoms with Gasteiger partial charge in [0, 0.05) is 32.0 Å². The maximum atomic E-state index is 4.43. The summed E-state index contributed by atoms with van der Waals surface area (Å²) in [6, 6.07) is 0.683. The first kappa shape index (κ1) is 12.2. The largest absolute Gasteiger partial charge is 0.315 e. The third-order valence-corrected chi connectivity index (χ3v) is 4.45. The van der Waals surface area contributed by atoms with Crippen molar-refractivity contribution < 1.29 is 0 Å². The predicted molar refractivity (Wildman–Crippen MR) is 71.5 cm³/mol. The molecule has 0 radical (unpaired) electrons. The molecule has 3 rings (SSSR count). The predicted octanol–water partition coefficient (Wildman–Crippen LogP) is 1.89. The molecule has 4 nitrogen and oxygen atoms in total. The number of rotatable bonds is 3. The standard InChI is InChI=1S/C14H24N4/c1-11(2)17-8-6-12(10-17)9-14-16-15-13-5-3-4-7-18(13)14/h11-12H,3-10H2,1-2H3. The summed E-state index contributed by atoms with van der Waals surface area (Å²) in [7, 11) is 0. The second-order valence-corrected chi connectivity index (χ2v) is 6.09. The Labute approximate surface area is 109 Å². The van der Waals surface area contributed by atoms with Crippen molar-refractivity contribution in [1.82, 2.24) is 19.7 Å². The molecule has 1 saturated heterocycles. The van der Waals surface area contributed by atoms with Gasteiger partial charge in [-0.1, -0.05) is 0 Å². The second-order valence-electron chi connectivity index (χ2n) is 6.09. The number of hydrogen-bond acceptors (Lipinski definition) is 3. The first-order valence-corrected chi connectivity index (χ1v) is 7.39. The Balaban J connectivity index is 1.65. The fourth-order valence-electron chi connectivity index (χ4n) is 3.28. The van der Waals surface area contributed by atoms with E-state index in [0.717, 1.165) is 25.3 Å². The van der Waals surface area contributed by atoms with Gasteiger partial charge in [-0.2, -0.15) is 0 Å². The molecule has 0 N–H and O–H groups in total. The van der Waals surface area contributed by atoms with Crippen LogP contribution in [-0.4, -0.2) is 38.8 Å². The van der Waals surface area contributed by atoms with E-state index in [9.17, 15) is 0 Å². The molecule has 1 atom stereocenters. The van der Waals surface area contributed by atoms with Crippen molar-refractivity contribution in [1.29, 1.82) is 0 Å². The zero-order valence-electron chi connectivity index (χ0n) is 11.6. The van der Waals surface area contributed by atoms with E-state index < -0.39 is 0 Å². The van der Waals surface area contributed by atoms with E-state index in [1.165, 1.54) is 44.0 Å². The molecule has 1 fully saturated rings. The van der Waals surface area contributed by atoms with Crippen LogP contribution in [-0.2, 0) is 19.4 Å². The molecule has 2 aliphatic heterocycles. The number of aryl methyl sites for hydroxylation is 1. The Hall–Kier alpha value is -0.900. The number of likely N-dealkylation sites (tertiary alicyclic amines) is 1. The molecule has 3 heterocycles. The fraction of sp³-hybridized carbons (Fsp3) is 0.857. The average Bonchev–Trinajstić information content (AvgIpc) is 2.98. The van der Waals surface area contributed by atoms with Gasteiger partial charge in [0.1, 0.15) is 11.6 Å². The van der Waals surface area contributed by atoms with Crippen LogP contribution < -0.4 is 0 Å². The van der Waals surface area contributed by atoms with E-state index in [2.05, 4.69) is 33.5 Å². The molecule has 1 aromatic heterocycles. The van der Waals surface area contributed by atoms with Gasteiger partial charge in [0.2, 0.25) is 0 Å². The van der Waals surface area contributed by atoms with Gasteiger partial charge in [-0.15, -0.1) is 10.2 Å². The number of nitrogens with zero attached hydrogens (tertiary/aromatic N) is 4. The smallest absolute Gasteiger partial charge is 0.133 e. The van der Waals surface area contributed by atoms with Gasteiger partial charge in [0.25, 0.3) is 0 Å². The number of fused-ring (bicyclic) bond motifs is 1. The lowest BCUT2D eigenvalue weighted by Crippen LogP contribution is -2.28. The highest BCUT2D eigenvalue weighted by molar-refractivity contribution is 5.00. The molecule has 4 heteroatoms. The fourth-order valence-corrected chi connectivity index (χ4v) is 3.28. The molecule has 0 spiro atoms. The maximum Gasteiger partial charge on any atom is 0.133 e. The summed E-state index contributed by atoms with van der Waals surface area (Å²) < 4.78 is 2.38. The minimum Gasteiger partial charge on any atom is -0.315 e. The van der Waals surface area contributed by atoms with E-state index in [1.54, 1.807) is 0 Å². The highest BCUT2D eigenvalue weighted by Crippen LogP contribution is 2.23. The topological polar surface area (TPSA) is 34.0 Å². The lowest BCUT2D eigenvalue weighted by Gasteiger charge is -2.20. The molecule has 1 unspecified atom stereocenters. The first-order chi connectivity index (χ1) is 8.74. The molecular weight excluding hydrogens is 224 g/mol. The molecule has 18 heavy (non-hydrogen) atoms. The molecule has 1 aromatic rings. The molecule has 0 aromatic carbocycles. The highest BCUT2D eigenvalue weighted by Gasteiger charge is 2.26. The van der Waals surface area contributed by atoms with Gasteiger partial charge in [-0.25, -0.2) is 0 Å². The molecule has 0 bridgehead atoms. The van der Waals surface area contributed by atoms with Gasteiger partial charge in [0.15, 0.2) is 0 Å². The minimum atomic E-state index is 0.683. The van der Waals surface area contributed by atoms with Crippen molar-refractivity contribution >= 4 is 0 Å². The monoisotopic (exact) mass is 248 g/mol. The van der Waals surface area contributed by atoms with Gasteiger partial charge in [0.05, 0.1) is 0 Å². The van der Waals surface area contributed by atoms with Crippen molar-refractivity contribution in [2.24, 2.45) is 5.92 Å². The van der Waals surface area contributed by atoms with Crippen LogP contribution in [0.3, 0.4) is 0 Å².